The molecule has 0 radical (unpaired) electrons. The van der Waals surface area contributed by atoms with E-state index in [1.165, 1.54) is 18.2 Å². The fraction of sp³-hybridized carbons (Fsp3) is 0.240. The number of carbonyl (C=O) groups excluding carboxylic acids is 2. The van der Waals surface area contributed by atoms with E-state index in [-0.39, 0.29) is 33.1 Å². The van der Waals surface area contributed by atoms with Crippen molar-refractivity contribution in [2.24, 2.45) is 0 Å². The van der Waals surface area contributed by atoms with Crippen LogP contribution in [0.1, 0.15) is 40.4 Å². The van der Waals surface area contributed by atoms with Crippen molar-refractivity contribution in [3.05, 3.63) is 81.7 Å². The maximum Gasteiger partial charge on any atom is 0.573 e. The van der Waals surface area contributed by atoms with Gasteiger partial charge in [0.15, 0.2) is 5.78 Å². The number of hydrogen-bond acceptors (Lipinski definition) is 6. The number of thiophene rings is 1. The van der Waals surface area contributed by atoms with Gasteiger partial charge in [-0.1, -0.05) is 41.9 Å². The minimum Gasteiger partial charge on any atom is -0.480 e. The molecule has 4 rings (SSSR count). The van der Waals surface area contributed by atoms with E-state index in [0.717, 1.165) is 29.0 Å². The van der Waals surface area contributed by atoms with Gasteiger partial charge in [0.2, 0.25) is 5.91 Å². The highest BCUT2D eigenvalue weighted by molar-refractivity contribution is 7.20. The summed E-state index contributed by atoms with van der Waals surface area (Å²) < 4.78 is 41.2. The van der Waals surface area contributed by atoms with Gasteiger partial charge in [-0.15, -0.1) is 24.5 Å². The third-order valence-corrected chi connectivity index (χ3v) is 7.04. The first-order valence-electron chi connectivity index (χ1n) is 11.0. The average Bonchev–Trinajstić information content (AvgIpc) is 3.41. The molecule has 1 amide bonds. The number of nitrogens with zero attached hydrogens (tertiary/aromatic N) is 1. The molecule has 1 saturated heterocycles. The lowest BCUT2D eigenvalue weighted by Gasteiger charge is -2.27. The van der Waals surface area contributed by atoms with Crippen LogP contribution in [0, 0.1) is 0 Å². The van der Waals surface area contributed by atoms with E-state index in [1.54, 1.807) is 4.90 Å². The van der Waals surface area contributed by atoms with Crippen molar-refractivity contribution in [3.63, 3.8) is 0 Å². The zero-order valence-electron chi connectivity index (χ0n) is 19.0. The van der Waals surface area contributed by atoms with Crippen LogP contribution in [-0.2, 0) is 9.59 Å². The van der Waals surface area contributed by atoms with E-state index < -0.39 is 35.8 Å². The van der Waals surface area contributed by atoms with Crippen molar-refractivity contribution >= 4 is 45.6 Å². The molecule has 0 spiro atoms. The van der Waals surface area contributed by atoms with Crippen LogP contribution in [0.5, 0.6) is 5.75 Å². The van der Waals surface area contributed by atoms with Crippen molar-refractivity contribution in [3.8, 4) is 5.75 Å². The number of rotatable bonds is 8. The molecule has 37 heavy (non-hydrogen) atoms. The van der Waals surface area contributed by atoms with Crippen molar-refractivity contribution in [1.29, 1.82) is 0 Å². The summed E-state index contributed by atoms with van der Waals surface area (Å²) in [7, 11) is 0. The Kier molecular flexibility index (Phi) is 7.86. The van der Waals surface area contributed by atoms with E-state index in [4.69, 9.17) is 11.6 Å². The van der Waals surface area contributed by atoms with Crippen molar-refractivity contribution < 1.29 is 37.4 Å². The third-order valence-electron chi connectivity index (χ3n) is 5.86. The second kappa shape index (κ2) is 10.9. The zero-order valence-corrected chi connectivity index (χ0v) is 20.6. The first-order valence-corrected chi connectivity index (χ1v) is 12.2. The molecule has 2 aromatic carbocycles. The van der Waals surface area contributed by atoms with Gasteiger partial charge in [-0.3, -0.25) is 19.3 Å². The fourth-order valence-electron chi connectivity index (χ4n) is 4.30. The molecule has 1 fully saturated rings. The van der Waals surface area contributed by atoms with Crippen LogP contribution in [-0.4, -0.2) is 46.6 Å². The average molecular weight is 553 g/mol. The van der Waals surface area contributed by atoms with Gasteiger partial charge in [-0.25, -0.2) is 0 Å². The summed E-state index contributed by atoms with van der Waals surface area (Å²) in [5, 5.41) is 12.5. The molecule has 194 valence electrons. The normalized spacial score (nSPS) is 17.9. The lowest BCUT2D eigenvalue weighted by Crippen LogP contribution is -2.42. The van der Waals surface area contributed by atoms with Gasteiger partial charge in [0, 0.05) is 11.6 Å². The number of carbonyl (C=O) groups is 3. The highest BCUT2D eigenvalue weighted by atomic mass is 35.5. The number of ether oxygens (including phenoxy) is 1. The second-order valence-corrected chi connectivity index (χ2v) is 9.96. The Labute approximate surface area is 218 Å². The van der Waals surface area contributed by atoms with Crippen LogP contribution >= 0.6 is 22.9 Å². The Morgan fingerprint density at radius 3 is 2.38 bits per heavy atom. The summed E-state index contributed by atoms with van der Waals surface area (Å²) in [6.07, 6.45) is -3.92. The number of aliphatic carboxylic acids is 1. The Morgan fingerprint density at radius 2 is 1.76 bits per heavy atom. The molecule has 1 aliphatic rings. The van der Waals surface area contributed by atoms with Gasteiger partial charge in [0.1, 0.15) is 16.8 Å². The molecule has 0 bridgehead atoms. The minimum atomic E-state index is -4.86. The number of carboxylic acids is 1. The smallest absolute Gasteiger partial charge is 0.480 e. The molecule has 1 aliphatic heterocycles. The molecule has 2 heterocycles. The summed E-state index contributed by atoms with van der Waals surface area (Å²) in [5.74, 6) is -2.61. The van der Waals surface area contributed by atoms with Gasteiger partial charge in [0.05, 0.1) is 16.4 Å². The van der Waals surface area contributed by atoms with Crippen LogP contribution in [0.15, 0.2) is 60.7 Å². The van der Waals surface area contributed by atoms with Crippen LogP contribution in [0.4, 0.5) is 18.2 Å². The fourth-order valence-corrected chi connectivity index (χ4v) is 5.44. The summed E-state index contributed by atoms with van der Waals surface area (Å²) in [6.45, 7) is -0.233. The van der Waals surface area contributed by atoms with E-state index in [1.807, 2.05) is 30.3 Å². The molecule has 2 atom stereocenters. The van der Waals surface area contributed by atoms with Crippen LogP contribution in [0.3, 0.4) is 0 Å². The van der Waals surface area contributed by atoms with E-state index in [2.05, 4.69) is 10.1 Å². The predicted octanol–water partition coefficient (Wildman–Crippen LogP) is 5.76. The van der Waals surface area contributed by atoms with Gasteiger partial charge in [0.25, 0.3) is 0 Å². The number of ketones is 1. The molecule has 1 aromatic heterocycles. The minimum absolute atomic E-state index is 0.0589. The summed E-state index contributed by atoms with van der Waals surface area (Å²) >= 11 is 7.04. The zero-order chi connectivity index (χ0) is 26.7. The number of likely N-dealkylation sites (tertiary alicyclic amines) is 1. The highest BCUT2D eigenvalue weighted by Crippen LogP contribution is 2.37. The number of anilines is 1. The number of nitrogens with one attached hydrogen (secondary N) is 1. The van der Waals surface area contributed by atoms with Gasteiger partial charge < -0.3 is 15.2 Å². The number of hydrogen-bond donors (Lipinski definition) is 2. The SMILES string of the molecule is O=C(CN1C(C(=O)O)CCC1c1ccccc1)Nc1sc(Cl)cc1C(=O)c1ccc(OC(F)(F)F)cc1. The summed E-state index contributed by atoms with van der Waals surface area (Å²) in [5.41, 5.74) is 1.02. The number of amides is 1. The second-order valence-electron chi connectivity index (χ2n) is 8.27. The van der Waals surface area contributed by atoms with Gasteiger partial charge in [-0.2, -0.15) is 0 Å². The van der Waals surface area contributed by atoms with Gasteiger partial charge in [-0.05, 0) is 48.7 Å². The molecule has 2 N–H and O–H groups in total. The Balaban J connectivity index is 1.50. The summed E-state index contributed by atoms with van der Waals surface area (Å²) in [6, 6.07) is 13.9. The van der Waals surface area contributed by atoms with E-state index in [9.17, 15) is 32.7 Å². The molecule has 2 unspecified atom stereocenters. The molecule has 3 aromatic rings. The molecule has 0 saturated carbocycles. The molecule has 7 nitrogen and oxygen atoms in total. The summed E-state index contributed by atoms with van der Waals surface area (Å²) in [4.78, 5) is 39.5. The number of halogens is 4. The molecule has 0 aliphatic carbocycles. The topological polar surface area (TPSA) is 95.9 Å². The Morgan fingerprint density at radius 1 is 1.08 bits per heavy atom. The van der Waals surface area contributed by atoms with Crippen molar-refractivity contribution in [1.82, 2.24) is 4.90 Å². The number of carboxylic acid groups (broad SMARTS) is 1. The first-order chi connectivity index (χ1) is 17.5. The van der Waals surface area contributed by atoms with Gasteiger partial charge >= 0.3 is 12.3 Å². The number of benzene rings is 2. The molecular formula is C25H20ClF3N2O5S. The first kappa shape index (κ1) is 26.6. The third kappa shape index (κ3) is 6.48. The van der Waals surface area contributed by atoms with Crippen LogP contribution in [0.2, 0.25) is 4.34 Å². The number of alkyl halides is 3. The largest absolute Gasteiger partial charge is 0.573 e. The quantitative estimate of drug-likeness (QED) is 0.345. The monoisotopic (exact) mass is 552 g/mol. The van der Waals surface area contributed by atoms with Crippen molar-refractivity contribution in [2.45, 2.75) is 31.3 Å². The maximum atomic E-state index is 13.0. The predicted molar refractivity (Wildman–Crippen MR) is 131 cm³/mol. The Bertz CT molecular complexity index is 1300. The standard InChI is InChI=1S/C25H20ClF3N2O5S/c26-20-12-17(22(33)15-6-8-16(9-7-15)36-25(27,28)29)23(37-20)30-21(32)13-31-18(10-11-19(31)24(34)35)14-4-2-1-3-5-14/h1-9,12,18-19H,10-11,13H2,(H,30,32)(H,34,35). The van der Waals surface area contributed by atoms with E-state index >= 15 is 0 Å². The Hall–Kier alpha value is -3.41. The molecular weight excluding hydrogens is 533 g/mol. The van der Waals surface area contributed by atoms with Crippen LogP contribution in [0.25, 0.3) is 0 Å². The van der Waals surface area contributed by atoms with Crippen LogP contribution < -0.4 is 10.1 Å². The van der Waals surface area contributed by atoms with E-state index in [0.29, 0.717) is 12.8 Å². The maximum absolute atomic E-state index is 13.0. The lowest BCUT2D eigenvalue weighted by atomic mass is 10.0. The molecule has 12 heteroatoms. The lowest BCUT2D eigenvalue weighted by molar-refractivity contribution is -0.274. The van der Waals surface area contributed by atoms with Crippen molar-refractivity contribution in [2.75, 3.05) is 11.9 Å². The highest BCUT2D eigenvalue weighted by Gasteiger charge is 2.39.